The Bertz CT molecular complexity index is 350. The molecular weight excluding hydrogens is 240 g/mol. The summed E-state index contributed by atoms with van der Waals surface area (Å²) < 4.78 is 0. The summed E-state index contributed by atoms with van der Waals surface area (Å²) in [6, 6.07) is 0. The van der Waals surface area contributed by atoms with Crippen molar-refractivity contribution in [2.24, 2.45) is 11.8 Å². The van der Waals surface area contributed by atoms with E-state index in [9.17, 15) is 0 Å². The molecule has 0 saturated carbocycles. The molecule has 0 spiro atoms. The Morgan fingerprint density at radius 2 is 2.00 bits per heavy atom. The summed E-state index contributed by atoms with van der Waals surface area (Å²) in [7, 11) is 0. The van der Waals surface area contributed by atoms with Crippen LogP contribution in [0.5, 0.6) is 0 Å². The molecule has 0 aliphatic heterocycles. The van der Waals surface area contributed by atoms with Crippen molar-refractivity contribution >= 4 is 11.3 Å². The van der Waals surface area contributed by atoms with Crippen molar-refractivity contribution in [3.05, 3.63) is 16.1 Å². The SMILES string of the molecule is Cc1ncsc1CCC(CNC(C)(C)C)C(C)C. The zero-order chi connectivity index (χ0) is 13.8. The molecule has 3 heteroatoms. The lowest BCUT2D eigenvalue weighted by atomic mass is 9.90. The number of nitrogens with zero attached hydrogens (tertiary/aromatic N) is 1. The van der Waals surface area contributed by atoms with Crippen LogP contribution >= 0.6 is 11.3 Å². The number of thiazole rings is 1. The smallest absolute Gasteiger partial charge is 0.0797 e. The number of hydrogen-bond acceptors (Lipinski definition) is 3. The Morgan fingerprint density at radius 3 is 2.44 bits per heavy atom. The van der Waals surface area contributed by atoms with E-state index in [-0.39, 0.29) is 5.54 Å². The summed E-state index contributed by atoms with van der Waals surface area (Å²) in [6.45, 7) is 14.6. The number of hydrogen-bond donors (Lipinski definition) is 1. The molecule has 1 rings (SSSR count). The molecule has 0 aromatic carbocycles. The first-order valence-corrected chi connectivity index (χ1v) is 7.81. The first-order valence-electron chi connectivity index (χ1n) is 6.93. The van der Waals surface area contributed by atoms with E-state index >= 15 is 0 Å². The fourth-order valence-corrected chi connectivity index (χ4v) is 2.79. The zero-order valence-corrected chi connectivity index (χ0v) is 13.5. The Labute approximate surface area is 116 Å². The maximum Gasteiger partial charge on any atom is 0.0797 e. The highest BCUT2D eigenvalue weighted by atomic mass is 32.1. The molecule has 0 aliphatic carbocycles. The molecule has 1 unspecified atom stereocenters. The fourth-order valence-electron chi connectivity index (χ4n) is 1.99. The van der Waals surface area contributed by atoms with E-state index < -0.39 is 0 Å². The largest absolute Gasteiger partial charge is 0.312 e. The second kappa shape index (κ2) is 6.67. The van der Waals surface area contributed by atoms with E-state index in [1.54, 1.807) is 11.3 Å². The van der Waals surface area contributed by atoms with Crippen LogP contribution in [0.25, 0.3) is 0 Å². The number of nitrogens with one attached hydrogen (secondary N) is 1. The molecule has 104 valence electrons. The van der Waals surface area contributed by atoms with Gasteiger partial charge in [0.25, 0.3) is 0 Å². The van der Waals surface area contributed by atoms with Gasteiger partial charge in [0.05, 0.1) is 11.2 Å². The van der Waals surface area contributed by atoms with E-state index in [1.165, 1.54) is 23.4 Å². The van der Waals surface area contributed by atoms with Crippen LogP contribution in [-0.2, 0) is 6.42 Å². The lowest BCUT2D eigenvalue weighted by Gasteiger charge is -2.27. The monoisotopic (exact) mass is 268 g/mol. The fraction of sp³-hybridized carbons (Fsp3) is 0.800. The van der Waals surface area contributed by atoms with Gasteiger partial charge in [-0.3, -0.25) is 0 Å². The van der Waals surface area contributed by atoms with Crippen LogP contribution in [0, 0.1) is 18.8 Å². The van der Waals surface area contributed by atoms with Crippen LogP contribution in [0.15, 0.2) is 5.51 Å². The van der Waals surface area contributed by atoms with Crippen molar-refractivity contribution in [2.75, 3.05) is 6.54 Å². The first-order chi connectivity index (χ1) is 8.29. The normalized spacial score (nSPS) is 14.2. The van der Waals surface area contributed by atoms with Gasteiger partial charge in [0.1, 0.15) is 0 Å². The number of aromatic nitrogens is 1. The highest BCUT2D eigenvalue weighted by Crippen LogP contribution is 2.21. The molecule has 0 bridgehead atoms. The average Bonchev–Trinajstić information content (AvgIpc) is 2.62. The van der Waals surface area contributed by atoms with Crippen molar-refractivity contribution in [3.63, 3.8) is 0 Å². The van der Waals surface area contributed by atoms with E-state index in [0.717, 1.165) is 18.4 Å². The third-order valence-electron chi connectivity index (χ3n) is 3.42. The van der Waals surface area contributed by atoms with Gasteiger partial charge in [0, 0.05) is 10.4 Å². The molecule has 1 heterocycles. The summed E-state index contributed by atoms with van der Waals surface area (Å²) >= 11 is 1.80. The second-order valence-electron chi connectivity index (χ2n) is 6.53. The summed E-state index contributed by atoms with van der Waals surface area (Å²) in [6.07, 6.45) is 2.43. The van der Waals surface area contributed by atoms with Crippen molar-refractivity contribution < 1.29 is 0 Å². The molecule has 0 radical (unpaired) electrons. The highest BCUT2D eigenvalue weighted by molar-refractivity contribution is 7.09. The molecule has 2 nitrogen and oxygen atoms in total. The quantitative estimate of drug-likeness (QED) is 0.842. The molecular formula is C15H28N2S. The van der Waals surface area contributed by atoms with Gasteiger partial charge in [0.2, 0.25) is 0 Å². The Balaban J connectivity index is 2.46. The summed E-state index contributed by atoms with van der Waals surface area (Å²) in [5, 5.41) is 3.64. The molecule has 0 aliphatic rings. The summed E-state index contributed by atoms with van der Waals surface area (Å²) in [4.78, 5) is 5.78. The van der Waals surface area contributed by atoms with Gasteiger partial charge in [-0.1, -0.05) is 13.8 Å². The molecule has 1 N–H and O–H groups in total. The molecule has 0 saturated heterocycles. The van der Waals surface area contributed by atoms with Crippen molar-refractivity contribution in [1.82, 2.24) is 10.3 Å². The number of rotatable bonds is 6. The molecule has 0 amide bonds. The predicted molar refractivity (Wildman–Crippen MR) is 81.3 cm³/mol. The maximum atomic E-state index is 4.33. The molecule has 0 fully saturated rings. The molecule has 1 atom stereocenters. The van der Waals surface area contributed by atoms with Crippen LogP contribution in [0.2, 0.25) is 0 Å². The van der Waals surface area contributed by atoms with E-state index in [0.29, 0.717) is 0 Å². The van der Waals surface area contributed by atoms with E-state index in [2.05, 4.69) is 51.8 Å². The third-order valence-corrected chi connectivity index (χ3v) is 4.42. The van der Waals surface area contributed by atoms with Crippen LogP contribution in [0.3, 0.4) is 0 Å². The molecule has 18 heavy (non-hydrogen) atoms. The highest BCUT2D eigenvalue weighted by Gasteiger charge is 2.17. The lowest BCUT2D eigenvalue weighted by Crippen LogP contribution is -2.40. The number of aryl methyl sites for hydroxylation is 2. The minimum absolute atomic E-state index is 0.216. The summed E-state index contributed by atoms with van der Waals surface area (Å²) in [5.41, 5.74) is 3.39. The minimum atomic E-state index is 0.216. The van der Waals surface area contributed by atoms with Crippen LogP contribution < -0.4 is 5.32 Å². The van der Waals surface area contributed by atoms with Gasteiger partial charge in [-0.2, -0.15) is 0 Å². The van der Waals surface area contributed by atoms with E-state index in [1.807, 2.05) is 5.51 Å². The third kappa shape index (κ3) is 5.49. The van der Waals surface area contributed by atoms with Gasteiger partial charge in [0.15, 0.2) is 0 Å². The van der Waals surface area contributed by atoms with Gasteiger partial charge in [-0.15, -0.1) is 11.3 Å². The first kappa shape index (κ1) is 15.6. The topological polar surface area (TPSA) is 24.9 Å². The van der Waals surface area contributed by atoms with Crippen molar-refractivity contribution in [2.45, 2.75) is 59.9 Å². The van der Waals surface area contributed by atoms with Gasteiger partial charge in [-0.05, 0) is 58.9 Å². The average molecular weight is 268 g/mol. The summed E-state index contributed by atoms with van der Waals surface area (Å²) in [5.74, 6) is 1.47. The minimum Gasteiger partial charge on any atom is -0.312 e. The van der Waals surface area contributed by atoms with Gasteiger partial charge < -0.3 is 5.32 Å². The van der Waals surface area contributed by atoms with Crippen LogP contribution in [0.4, 0.5) is 0 Å². The Hall–Kier alpha value is -0.410. The predicted octanol–water partition coefficient (Wildman–Crippen LogP) is 4.04. The lowest BCUT2D eigenvalue weighted by molar-refractivity contribution is 0.300. The Morgan fingerprint density at radius 1 is 1.33 bits per heavy atom. The standard InChI is InChI=1S/C15H28N2S/c1-11(2)13(9-17-15(4,5)6)7-8-14-12(3)16-10-18-14/h10-11,13,17H,7-9H2,1-6H3. The molecule has 1 aromatic heterocycles. The zero-order valence-electron chi connectivity index (χ0n) is 12.7. The van der Waals surface area contributed by atoms with Crippen molar-refractivity contribution in [3.8, 4) is 0 Å². The van der Waals surface area contributed by atoms with Crippen molar-refractivity contribution in [1.29, 1.82) is 0 Å². The van der Waals surface area contributed by atoms with Crippen LogP contribution in [0.1, 0.15) is 51.6 Å². The second-order valence-corrected chi connectivity index (χ2v) is 7.47. The Kier molecular flexibility index (Phi) is 5.80. The van der Waals surface area contributed by atoms with E-state index in [4.69, 9.17) is 0 Å². The maximum absolute atomic E-state index is 4.33. The van der Waals surface area contributed by atoms with Crippen LogP contribution in [-0.4, -0.2) is 17.1 Å². The molecule has 1 aromatic rings. The van der Waals surface area contributed by atoms with Gasteiger partial charge in [-0.25, -0.2) is 4.98 Å². The van der Waals surface area contributed by atoms with Gasteiger partial charge >= 0.3 is 0 Å².